The van der Waals surface area contributed by atoms with E-state index in [-0.39, 0.29) is 23.6 Å². The number of rotatable bonds is 5. The second-order valence-corrected chi connectivity index (χ2v) is 2.92. The second kappa shape index (κ2) is 6.00. The number of nitrogen functional groups attached to an aromatic ring is 1. The highest BCUT2D eigenvalue weighted by atomic mass is 19.3. The lowest BCUT2D eigenvalue weighted by Crippen LogP contribution is -2.16. The summed E-state index contributed by atoms with van der Waals surface area (Å²) in [5.74, 6) is 4.12. The van der Waals surface area contributed by atoms with Crippen LogP contribution < -0.4 is 16.0 Å². The SMILES string of the molecule is CCOC(=O)c1c(NN)cccc1OC(F)F. The summed E-state index contributed by atoms with van der Waals surface area (Å²) in [6.45, 7) is -1.31. The van der Waals surface area contributed by atoms with E-state index in [2.05, 4.69) is 10.2 Å². The predicted molar refractivity (Wildman–Crippen MR) is 56.8 cm³/mol. The van der Waals surface area contributed by atoms with Crippen LogP contribution in [0.25, 0.3) is 0 Å². The molecule has 0 aliphatic heterocycles. The van der Waals surface area contributed by atoms with Gasteiger partial charge >= 0.3 is 12.6 Å². The first-order chi connectivity index (χ1) is 8.10. The third kappa shape index (κ3) is 3.28. The van der Waals surface area contributed by atoms with Crippen molar-refractivity contribution in [2.45, 2.75) is 13.5 Å². The van der Waals surface area contributed by atoms with Crippen molar-refractivity contribution < 1.29 is 23.0 Å². The van der Waals surface area contributed by atoms with Gasteiger partial charge in [-0.15, -0.1) is 0 Å². The fourth-order valence-electron chi connectivity index (χ4n) is 1.26. The Labute approximate surface area is 96.5 Å². The minimum atomic E-state index is -3.03. The van der Waals surface area contributed by atoms with Gasteiger partial charge in [-0.05, 0) is 19.1 Å². The Morgan fingerprint density at radius 3 is 2.76 bits per heavy atom. The summed E-state index contributed by atoms with van der Waals surface area (Å²) in [5.41, 5.74) is 2.22. The molecule has 7 heteroatoms. The number of esters is 1. The number of nitrogens with two attached hydrogens (primary N) is 1. The minimum Gasteiger partial charge on any atom is -0.462 e. The Morgan fingerprint density at radius 2 is 2.24 bits per heavy atom. The molecule has 1 aromatic carbocycles. The van der Waals surface area contributed by atoms with Gasteiger partial charge in [0.2, 0.25) is 0 Å². The van der Waals surface area contributed by atoms with Crippen molar-refractivity contribution in [2.24, 2.45) is 5.84 Å². The fraction of sp³-hybridized carbons (Fsp3) is 0.300. The maximum atomic E-state index is 12.2. The lowest BCUT2D eigenvalue weighted by molar-refractivity contribution is -0.0503. The predicted octanol–water partition coefficient (Wildman–Crippen LogP) is 1.75. The average Bonchev–Trinajstić information content (AvgIpc) is 2.28. The average molecular weight is 246 g/mol. The molecule has 94 valence electrons. The van der Waals surface area contributed by atoms with Crippen LogP contribution >= 0.6 is 0 Å². The Morgan fingerprint density at radius 1 is 1.53 bits per heavy atom. The largest absolute Gasteiger partial charge is 0.462 e. The molecule has 17 heavy (non-hydrogen) atoms. The standard InChI is InChI=1S/C10H12F2N2O3/c1-2-16-9(15)8-6(14-13)4-3-5-7(8)17-10(11)12/h3-5,10,14H,2,13H2,1H3. The van der Waals surface area contributed by atoms with E-state index in [0.717, 1.165) is 0 Å². The molecule has 0 unspecified atom stereocenters. The monoisotopic (exact) mass is 246 g/mol. The van der Waals surface area contributed by atoms with Crippen LogP contribution in [-0.4, -0.2) is 19.2 Å². The van der Waals surface area contributed by atoms with Gasteiger partial charge in [-0.25, -0.2) is 4.79 Å². The lowest BCUT2D eigenvalue weighted by atomic mass is 10.1. The van der Waals surface area contributed by atoms with Gasteiger partial charge in [-0.2, -0.15) is 8.78 Å². The van der Waals surface area contributed by atoms with E-state index in [1.807, 2.05) is 0 Å². The van der Waals surface area contributed by atoms with Crippen LogP contribution in [0.5, 0.6) is 5.75 Å². The van der Waals surface area contributed by atoms with Crippen LogP contribution in [0.3, 0.4) is 0 Å². The van der Waals surface area contributed by atoms with Crippen LogP contribution in [0, 0.1) is 0 Å². The number of carbonyl (C=O) groups excluding carboxylic acids is 1. The highest BCUT2D eigenvalue weighted by molar-refractivity contribution is 5.98. The van der Waals surface area contributed by atoms with E-state index in [1.54, 1.807) is 6.92 Å². The van der Waals surface area contributed by atoms with E-state index >= 15 is 0 Å². The highest BCUT2D eigenvalue weighted by Crippen LogP contribution is 2.28. The first kappa shape index (κ1) is 13.2. The highest BCUT2D eigenvalue weighted by Gasteiger charge is 2.20. The molecule has 1 rings (SSSR count). The molecule has 0 radical (unpaired) electrons. The first-order valence-corrected chi connectivity index (χ1v) is 4.81. The molecule has 5 nitrogen and oxygen atoms in total. The Hall–Kier alpha value is -1.89. The molecule has 0 bridgehead atoms. The number of carbonyl (C=O) groups is 1. The Balaban J connectivity index is 3.15. The van der Waals surface area contributed by atoms with Crippen LogP contribution in [0.1, 0.15) is 17.3 Å². The number of alkyl halides is 2. The van der Waals surface area contributed by atoms with Gasteiger partial charge in [0.05, 0.1) is 12.3 Å². The first-order valence-electron chi connectivity index (χ1n) is 4.81. The molecule has 3 N–H and O–H groups in total. The molecule has 0 fully saturated rings. The summed E-state index contributed by atoms with van der Waals surface area (Å²) in [6.07, 6.45) is 0. The summed E-state index contributed by atoms with van der Waals surface area (Å²) < 4.78 is 33.3. The number of hydrogen-bond acceptors (Lipinski definition) is 5. The van der Waals surface area contributed by atoms with E-state index in [4.69, 9.17) is 10.6 Å². The van der Waals surface area contributed by atoms with Crippen LogP contribution in [-0.2, 0) is 4.74 Å². The molecule has 0 saturated carbocycles. The van der Waals surface area contributed by atoms with Gasteiger partial charge in [0.1, 0.15) is 11.3 Å². The number of benzene rings is 1. The van der Waals surface area contributed by atoms with E-state index < -0.39 is 12.6 Å². The topological polar surface area (TPSA) is 73.6 Å². The normalized spacial score (nSPS) is 10.2. The molecule has 0 saturated heterocycles. The van der Waals surface area contributed by atoms with Crippen molar-refractivity contribution in [1.82, 2.24) is 0 Å². The number of nitrogens with one attached hydrogen (secondary N) is 1. The molecule has 1 aromatic rings. The van der Waals surface area contributed by atoms with Gasteiger partial charge < -0.3 is 14.9 Å². The summed E-state index contributed by atoms with van der Waals surface area (Å²) in [7, 11) is 0. The van der Waals surface area contributed by atoms with Crippen molar-refractivity contribution in [2.75, 3.05) is 12.0 Å². The lowest BCUT2D eigenvalue weighted by Gasteiger charge is -2.13. The summed E-state index contributed by atoms with van der Waals surface area (Å²) in [5, 5.41) is 0. The number of hydrazine groups is 1. The molecule has 0 amide bonds. The minimum absolute atomic E-state index is 0.117. The second-order valence-electron chi connectivity index (χ2n) is 2.92. The van der Waals surface area contributed by atoms with Gasteiger partial charge in [-0.3, -0.25) is 5.84 Å². The Bertz CT molecular complexity index is 399. The van der Waals surface area contributed by atoms with Crippen molar-refractivity contribution in [3.8, 4) is 5.75 Å². The molecule has 0 heterocycles. The van der Waals surface area contributed by atoms with E-state index in [9.17, 15) is 13.6 Å². The zero-order chi connectivity index (χ0) is 12.8. The fourth-order valence-corrected chi connectivity index (χ4v) is 1.26. The smallest absolute Gasteiger partial charge is 0.387 e. The number of anilines is 1. The third-order valence-electron chi connectivity index (χ3n) is 1.88. The van der Waals surface area contributed by atoms with Gasteiger partial charge in [0, 0.05) is 0 Å². The van der Waals surface area contributed by atoms with Crippen molar-refractivity contribution in [3.63, 3.8) is 0 Å². The van der Waals surface area contributed by atoms with Crippen molar-refractivity contribution in [3.05, 3.63) is 23.8 Å². The summed E-state index contributed by atoms with van der Waals surface area (Å²) in [4.78, 5) is 11.6. The number of halogens is 2. The zero-order valence-corrected chi connectivity index (χ0v) is 9.07. The number of ether oxygens (including phenoxy) is 2. The van der Waals surface area contributed by atoms with Crippen molar-refractivity contribution in [1.29, 1.82) is 0 Å². The molecule has 0 atom stereocenters. The van der Waals surface area contributed by atoms with E-state index in [1.165, 1.54) is 18.2 Å². The van der Waals surface area contributed by atoms with Gasteiger partial charge in [0.25, 0.3) is 0 Å². The summed E-state index contributed by atoms with van der Waals surface area (Å²) >= 11 is 0. The number of hydrogen-bond donors (Lipinski definition) is 2. The van der Waals surface area contributed by atoms with Gasteiger partial charge in [0.15, 0.2) is 0 Å². The summed E-state index contributed by atoms with van der Waals surface area (Å²) in [6, 6.07) is 4.11. The molecule has 0 spiro atoms. The van der Waals surface area contributed by atoms with Crippen molar-refractivity contribution >= 4 is 11.7 Å². The molecule has 0 aromatic heterocycles. The van der Waals surface area contributed by atoms with Gasteiger partial charge in [-0.1, -0.05) is 6.07 Å². The van der Waals surface area contributed by atoms with Crippen LogP contribution in [0.4, 0.5) is 14.5 Å². The van der Waals surface area contributed by atoms with Crippen LogP contribution in [0.2, 0.25) is 0 Å². The molecule has 0 aliphatic carbocycles. The van der Waals surface area contributed by atoms with Crippen LogP contribution in [0.15, 0.2) is 18.2 Å². The maximum Gasteiger partial charge on any atom is 0.387 e. The molecular weight excluding hydrogens is 234 g/mol. The molecule has 0 aliphatic rings. The zero-order valence-electron chi connectivity index (χ0n) is 9.07. The quantitative estimate of drug-likeness (QED) is 0.470. The maximum absolute atomic E-state index is 12.2. The van der Waals surface area contributed by atoms with E-state index in [0.29, 0.717) is 0 Å². The molecular formula is C10H12F2N2O3. The Kier molecular flexibility index (Phi) is 4.65. The third-order valence-corrected chi connectivity index (χ3v) is 1.88.